The van der Waals surface area contributed by atoms with E-state index in [0.29, 0.717) is 5.91 Å². The highest BCUT2D eigenvalue weighted by Gasteiger charge is 2.32. The zero-order chi connectivity index (χ0) is 22.9. The summed E-state index contributed by atoms with van der Waals surface area (Å²) in [6, 6.07) is 12.6. The Morgan fingerprint density at radius 3 is 2.64 bits per heavy atom. The summed E-state index contributed by atoms with van der Waals surface area (Å²) in [5.74, 6) is 1.21. The van der Waals surface area contributed by atoms with E-state index in [-0.39, 0.29) is 5.92 Å². The largest absolute Gasteiger partial charge is 0.497 e. The molecular weight excluding hydrogens is 432 g/mol. The van der Waals surface area contributed by atoms with Gasteiger partial charge in [-0.2, -0.15) is 0 Å². The summed E-state index contributed by atoms with van der Waals surface area (Å²) in [7, 11) is 1.69. The zero-order valence-electron chi connectivity index (χ0n) is 19.7. The van der Waals surface area contributed by atoms with Crippen LogP contribution in [0, 0.1) is 19.8 Å². The molecule has 174 valence electrons. The van der Waals surface area contributed by atoms with Gasteiger partial charge in [-0.15, -0.1) is 0 Å². The molecule has 7 heteroatoms. The number of carbonyl (C=O) groups excluding carboxylic acids is 1. The quantitative estimate of drug-likeness (QED) is 0.570. The third-order valence-electron chi connectivity index (χ3n) is 6.92. The molecule has 5 rings (SSSR count). The minimum atomic E-state index is 0.0487. The number of amides is 1. The monoisotopic (exact) mass is 464 g/mol. The van der Waals surface area contributed by atoms with Crippen LogP contribution in [0.5, 0.6) is 5.75 Å². The average molecular weight is 465 g/mol. The number of piperazine rings is 1. The Morgan fingerprint density at radius 2 is 1.85 bits per heavy atom. The number of ether oxygens (including phenoxy) is 1. The number of anilines is 2. The lowest BCUT2D eigenvalue weighted by molar-refractivity contribution is -0.136. The zero-order valence-corrected chi connectivity index (χ0v) is 20.5. The van der Waals surface area contributed by atoms with Crippen LogP contribution in [0.1, 0.15) is 24.0 Å². The van der Waals surface area contributed by atoms with E-state index < -0.39 is 0 Å². The molecule has 0 aliphatic carbocycles. The fourth-order valence-electron chi connectivity index (χ4n) is 4.99. The van der Waals surface area contributed by atoms with E-state index in [9.17, 15) is 4.79 Å². The molecule has 2 aliphatic heterocycles. The summed E-state index contributed by atoms with van der Waals surface area (Å²) in [4.78, 5) is 25.0. The van der Waals surface area contributed by atoms with Crippen molar-refractivity contribution in [3.63, 3.8) is 0 Å². The van der Waals surface area contributed by atoms with E-state index in [2.05, 4.69) is 46.7 Å². The Kier molecular flexibility index (Phi) is 6.15. The van der Waals surface area contributed by atoms with Gasteiger partial charge < -0.3 is 19.4 Å². The van der Waals surface area contributed by atoms with Gasteiger partial charge in [-0.25, -0.2) is 4.98 Å². The molecule has 2 aromatic carbocycles. The second kappa shape index (κ2) is 9.21. The van der Waals surface area contributed by atoms with Crippen LogP contribution in [0.2, 0.25) is 0 Å². The molecule has 0 spiro atoms. The van der Waals surface area contributed by atoms with Crippen molar-refractivity contribution in [2.75, 3.05) is 56.2 Å². The maximum atomic E-state index is 13.4. The number of aromatic nitrogens is 1. The molecule has 0 radical (unpaired) electrons. The van der Waals surface area contributed by atoms with Gasteiger partial charge in [0.05, 0.1) is 23.2 Å². The van der Waals surface area contributed by atoms with Crippen LogP contribution in [0.4, 0.5) is 10.8 Å². The molecule has 2 fully saturated rings. The lowest BCUT2D eigenvalue weighted by atomic mass is 9.96. The number of thiazole rings is 1. The fourth-order valence-corrected chi connectivity index (χ4v) is 6.02. The number of aryl methyl sites for hydroxylation is 2. The van der Waals surface area contributed by atoms with Crippen molar-refractivity contribution in [2.24, 2.45) is 5.92 Å². The molecular formula is C26H32N4O2S. The minimum absolute atomic E-state index is 0.0487. The Hall–Kier alpha value is -2.80. The maximum absolute atomic E-state index is 13.4. The van der Waals surface area contributed by atoms with Crippen LogP contribution in [-0.4, -0.2) is 62.2 Å². The van der Waals surface area contributed by atoms with Gasteiger partial charge in [-0.1, -0.05) is 23.5 Å². The van der Waals surface area contributed by atoms with Crippen LogP contribution in [0.15, 0.2) is 36.4 Å². The summed E-state index contributed by atoms with van der Waals surface area (Å²) in [6.07, 6.45) is 1.99. The van der Waals surface area contributed by atoms with Crippen molar-refractivity contribution >= 4 is 38.3 Å². The molecule has 33 heavy (non-hydrogen) atoms. The first-order chi connectivity index (χ1) is 16.0. The summed E-state index contributed by atoms with van der Waals surface area (Å²) < 4.78 is 6.48. The number of hydrogen-bond donors (Lipinski definition) is 0. The van der Waals surface area contributed by atoms with Gasteiger partial charge in [0.25, 0.3) is 0 Å². The predicted molar refractivity (Wildman–Crippen MR) is 136 cm³/mol. The molecule has 2 aliphatic rings. The number of carbonyl (C=O) groups is 1. The Balaban J connectivity index is 1.23. The van der Waals surface area contributed by atoms with Crippen LogP contribution >= 0.6 is 11.3 Å². The highest BCUT2D eigenvalue weighted by Crippen LogP contribution is 2.34. The van der Waals surface area contributed by atoms with Crippen molar-refractivity contribution in [3.05, 3.63) is 47.5 Å². The standard InChI is InChI=1S/C26H32N4O2S/c1-18-6-7-19(2)23(15-18)28-11-13-29(14-12-28)25(31)20-5-4-10-30(17-20)26-27-22-9-8-21(32-3)16-24(22)33-26/h6-9,15-16,20H,4-5,10-14,17H2,1-3H3. The van der Waals surface area contributed by atoms with E-state index in [1.54, 1.807) is 18.4 Å². The molecule has 0 bridgehead atoms. The second-order valence-electron chi connectivity index (χ2n) is 9.22. The molecule has 0 N–H and O–H groups in total. The molecule has 6 nitrogen and oxygen atoms in total. The highest BCUT2D eigenvalue weighted by atomic mass is 32.1. The topological polar surface area (TPSA) is 48.9 Å². The van der Waals surface area contributed by atoms with E-state index in [0.717, 1.165) is 73.2 Å². The van der Waals surface area contributed by atoms with E-state index in [4.69, 9.17) is 9.72 Å². The van der Waals surface area contributed by atoms with Crippen LogP contribution < -0.4 is 14.5 Å². The number of rotatable bonds is 4. The molecule has 1 amide bonds. The van der Waals surface area contributed by atoms with Crippen molar-refractivity contribution in [3.8, 4) is 5.75 Å². The smallest absolute Gasteiger partial charge is 0.227 e. The van der Waals surface area contributed by atoms with Crippen molar-refractivity contribution in [2.45, 2.75) is 26.7 Å². The number of fused-ring (bicyclic) bond motifs is 1. The van der Waals surface area contributed by atoms with Crippen molar-refractivity contribution in [1.29, 1.82) is 0 Å². The summed E-state index contributed by atoms with van der Waals surface area (Å²) in [5, 5.41) is 1.01. The first-order valence-electron chi connectivity index (χ1n) is 11.8. The van der Waals surface area contributed by atoms with Gasteiger partial charge in [0, 0.05) is 45.0 Å². The van der Waals surface area contributed by atoms with Gasteiger partial charge in [-0.3, -0.25) is 4.79 Å². The second-order valence-corrected chi connectivity index (χ2v) is 10.2. The first-order valence-corrected chi connectivity index (χ1v) is 12.6. The lowest BCUT2D eigenvalue weighted by Crippen LogP contribution is -2.52. The predicted octanol–water partition coefficient (Wildman–Crippen LogP) is 4.49. The number of nitrogens with zero attached hydrogens (tertiary/aromatic N) is 4. The third kappa shape index (κ3) is 4.51. The van der Waals surface area contributed by atoms with Crippen LogP contribution in [0.3, 0.4) is 0 Å². The van der Waals surface area contributed by atoms with Gasteiger partial charge in [0.15, 0.2) is 5.13 Å². The lowest BCUT2D eigenvalue weighted by Gasteiger charge is -2.40. The van der Waals surface area contributed by atoms with Gasteiger partial charge in [-0.05, 0) is 62.1 Å². The Bertz CT molecular complexity index is 1150. The molecule has 1 atom stereocenters. The molecule has 2 saturated heterocycles. The van der Waals surface area contributed by atoms with Crippen LogP contribution in [-0.2, 0) is 4.79 Å². The molecule has 3 aromatic rings. The van der Waals surface area contributed by atoms with Crippen molar-refractivity contribution < 1.29 is 9.53 Å². The third-order valence-corrected chi connectivity index (χ3v) is 8.00. The first kappa shape index (κ1) is 22.0. The summed E-state index contributed by atoms with van der Waals surface area (Å²) >= 11 is 1.69. The minimum Gasteiger partial charge on any atom is -0.497 e. The molecule has 0 saturated carbocycles. The van der Waals surface area contributed by atoms with Crippen LogP contribution in [0.25, 0.3) is 10.2 Å². The Labute approximate surface area is 199 Å². The van der Waals surface area contributed by atoms with Gasteiger partial charge >= 0.3 is 0 Å². The number of benzene rings is 2. The molecule has 1 aromatic heterocycles. The SMILES string of the molecule is COc1ccc2nc(N3CCCC(C(=O)N4CCN(c5cc(C)ccc5C)CC4)C3)sc2c1. The Morgan fingerprint density at radius 1 is 1.03 bits per heavy atom. The maximum Gasteiger partial charge on any atom is 0.227 e. The molecule has 1 unspecified atom stereocenters. The fraction of sp³-hybridized carbons (Fsp3) is 0.462. The number of piperidine rings is 1. The summed E-state index contributed by atoms with van der Waals surface area (Å²) in [5.41, 5.74) is 4.88. The van der Waals surface area contributed by atoms with E-state index in [1.165, 1.54) is 16.8 Å². The van der Waals surface area contributed by atoms with Gasteiger partial charge in [0.1, 0.15) is 5.75 Å². The number of hydrogen-bond acceptors (Lipinski definition) is 6. The average Bonchev–Trinajstić information content (AvgIpc) is 3.29. The van der Waals surface area contributed by atoms with Gasteiger partial charge in [0.2, 0.25) is 5.91 Å². The number of methoxy groups -OCH3 is 1. The van der Waals surface area contributed by atoms with E-state index in [1.807, 2.05) is 18.2 Å². The van der Waals surface area contributed by atoms with E-state index >= 15 is 0 Å². The molecule has 3 heterocycles. The summed E-state index contributed by atoms with van der Waals surface area (Å²) in [6.45, 7) is 9.40. The highest BCUT2D eigenvalue weighted by molar-refractivity contribution is 7.22. The van der Waals surface area contributed by atoms with Crippen molar-refractivity contribution in [1.82, 2.24) is 9.88 Å². The normalized spacial score (nSPS) is 19.2.